The summed E-state index contributed by atoms with van der Waals surface area (Å²) in [6.07, 6.45) is -1.29. The molecule has 0 aliphatic carbocycles. The van der Waals surface area contributed by atoms with E-state index >= 15 is 0 Å². The lowest BCUT2D eigenvalue weighted by molar-refractivity contribution is -0.287. The average Bonchev–Trinajstić information content (AvgIpc) is 3.44. The van der Waals surface area contributed by atoms with Crippen LogP contribution >= 0.6 is 34.2 Å². The minimum absolute atomic E-state index is 0.000203. The molecule has 14 nitrogen and oxygen atoms in total. The summed E-state index contributed by atoms with van der Waals surface area (Å²) in [5.41, 5.74) is 1.09. The Bertz CT molecular complexity index is 1980. The summed E-state index contributed by atoms with van der Waals surface area (Å²) < 4.78 is 75.5. The van der Waals surface area contributed by atoms with Crippen LogP contribution in [-0.2, 0) is 14.6 Å². The van der Waals surface area contributed by atoms with Crippen molar-refractivity contribution in [3.8, 4) is 17.5 Å². The van der Waals surface area contributed by atoms with E-state index in [1.54, 1.807) is 18.2 Å². The molecule has 1 saturated heterocycles. The van der Waals surface area contributed by atoms with E-state index in [4.69, 9.17) is 30.5 Å². The number of hydrogen-bond acceptors (Lipinski definition) is 14. The number of ether oxygens (including phenoxy) is 4. The van der Waals surface area contributed by atoms with Gasteiger partial charge in [0.2, 0.25) is 11.9 Å². The Balaban J connectivity index is 1.34. The van der Waals surface area contributed by atoms with Crippen LogP contribution in [0.25, 0.3) is 0 Å². The maximum Gasteiger partial charge on any atom is 0.586 e. The van der Waals surface area contributed by atoms with E-state index in [-0.39, 0.29) is 50.3 Å². The molecule has 1 atom stereocenters. The molecule has 2 aromatic carbocycles. The monoisotopic (exact) mass is 858 g/mol. The van der Waals surface area contributed by atoms with Gasteiger partial charge in [0.25, 0.3) is 0 Å². The van der Waals surface area contributed by atoms with Gasteiger partial charge in [-0.25, -0.2) is 8.42 Å². The topological polar surface area (TPSA) is 153 Å². The predicted molar refractivity (Wildman–Crippen MR) is 195 cm³/mol. The SMILES string of the molecule is COc1nc(Nc2cc(S(C)(=O)=O)ccc2N[C@@H](c2cccc3c2OC(F)(F)O3)c2ncccc2Cl)nc(N2CCN(CCOCCI)CC2)n1. The number of piperazine rings is 1. The fourth-order valence-corrected chi connectivity index (χ4v) is 6.73. The van der Waals surface area contributed by atoms with Gasteiger partial charge in [-0.1, -0.05) is 46.3 Å². The van der Waals surface area contributed by atoms with Crippen LogP contribution in [0.1, 0.15) is 17.3 Å². The first-order chi connectivity index (χ1) is 24.4. The van der Waals surface area contributed by atoms with Crippen molar-refractivity contribution in [1.82, 2.24) is 24.8 Å². The van der Waals surface area contributed by atoms with Crippen LogP contribution < -0.4 is 29.7 Å². The van der Waals surface area contributed by atoms with Crippen molar-refractivity contribution < 1.29 is 36.1 Å². The molecule has 0 unspecified atom stereocenters. The third kappa shape index (κ3) is 8.97. The van der Waals surface area contributed by atoms with E-state index in [9.17, 15) is 17.2 Å². The number of benzene rings is 2. The van der Waals surface area contributed by atoms with Gasteiger partial charge in [-0.15, -0.1) is 8.78 Å². The summed E-state index contributed by atoms with van der Waals surface area (Å²) in [5.74, 6) is 0.0703. The molecule has 51 heavy (non-hydrogen) atoms. The molecule has 0 saturated carbocycles. The van der Waals surface area contributed by atoms with E-state index in [2.05, 4.69) is 58.1 Å². The Morgan fingerprint density at radius 2 is 1.84 bits per heavy atom. The Labute approximate surface area is 311 Å². The van der Waals surface area contributed by atoms with Crippen LogP contribution in [0.2, 0.25) is 5.02 Å². The maximum atomic E-state index is 14.3. The van der Waals surface area contributed by atoms with Gasteiger partial charge in [0.15, 0.2) is 21.3 Å². The summed E-state index contributed by atoms with van der Waals surface area (Å²) >= 11 is 8.88. The first kappa shape index (κ1) is 36.9. The zero-order valence-electron chi connectivity index (χ0n) is 27.5. The quantitative estimate of drug-likeness (QED) is 0.0974. The summed E-state index contributed by atoms with van der Waals surface area (Å²) in [6.45, 7) is 5.04. The highest BCUT2D eigenvalue weighted by Crippen LogP contribution is 2.48. The van der Waals surface area contributed by atoms with Crippen LogP contribution in [0, 0.1) is 0 Å². The number of rotatable bonds is 14. The van der Waals surface area contributed by atoms with E-state index in [1.807, 2.05) is 4.90 Å². The minimum atomic E-state index is -3.88. The summed E-state index contributed by atoms with van der Waals surface area (Å²) in [4.78, 5) is 22.3. The third-order valence-electron chi connectivity index (χ3n) is 8.01. The minimum Gasteiger partial charge on any atom is -0.467 e. The number of nitrogens with zero attached hydrogens (tertiary/aromatic N) is 6. The largest absolute Gasteiger partial charge is 0.586 e. The molecule has 0 spiro atoms. The standard InChI is InChI=1S/C32H34ClF2IN8O6S/c1-47-31-41-29(40-30(42-31)44-14-12-43(13-15-44)16-18-48-17-10-36)39-24-19-20(51(2,45)46)8-9-23(24)38-26(27-22(33)6-4-11-37-27)21-5-3-7-25-28(21)50-32(34,35)49-25/h3-9,11,19,26,38H,10,12-18H2,1-2H3,(H,39,40,41,42)/t26-/m0/s1. The molecule has 2 aliphatic heterocycles. The maximum absolute atomic E-state index is 14.3. The van der Waals surface area contributed by atoms with E-state index in [0.29, 0.717) is 31.3 Å². The molecule has 272 valence electrons. The van der Waals surface area contributed by atoms with Crippen molar-refractivity contribution in [1.29, 1.82) is 0 Å². The smallest absolute Gasteiger partial charge is 0.467 e. The van der Waals surface area contributed by atoms with Crippen LogP contribution in [-0.4, -0.2) is 103 Å². The van der Waals surface area contributed by atoms with Crippen molar-refractivity contribution in [2.24, 2.45) is 0 Å². The molecule has 4 aromatic rings. The molecule has 2 N–H and O–H groups in total. The first-order valence-corrected chi connectivity index (χ1v) is 19.5. The fourth-order valence-electron chi connectivity index (χ4n) is 5.54. The van der Waals surface area contributed by atoms with Crippen molar-refractivity contribution in [3.63, 3.8) is 0 Å². The highest BCUT2D eigenvalue weighted by molar-refractivity contribution is 14.1. The van der Waals surface area contributed by atoms with E-state index in [0.717, 1.165) is 36.9 Å². The number of aromatic nitrogens is 4. The molecule has 0 amide bonds. The lowest BCUT2D eigenvalue weighted by Crippen LogP contribution is -2.48. The Morgan fingerprint density at radius 3 is 2.57 bits per heavy atom. The van der Waals surface area contributed by atoms with Crippen molar-refractivity contribution >= 4 is 67.3 Å². The molecular formula is C32H34ClF2IN8O6S. The number of alkyl halides is 3. The van der Waals surface area contributed by atoms with Gasteiger partial charge in [0, 0.05) is 55.2 Å². The normalized spacial score (nSPS) is 16.2. The Morgan fingerprint density at radius 1 is 1.04 bits per heavy atom. The number of methoxy groups -OCH3 is 1. The number of sulfone groups is 1. The van der Waals surface area contributed by atoms with Crippen LogP contribution in [0.4, 0.5) is 32.1 Å². The van der Waals surface area contributed by atoms with Gasteiger partial charge in [-0.05, 0) is 36.4 Å². The van der Waals surface area contributed by atoms with Gasteiger partial charge in [-0.3, -0.25) is 9.88 Å². The zero-order valence-corrected chi connectivity index (χ0v) is 31.2. The summed E-state index contributed by atoms with van der Waals surface area (Å²) in [5, 5.41) is 6.66. The number of halogens is 4. The number of hydrogen-bond donors (Lipinski definition) is 2. The number of para-hydroxylation sites is 1. The highest BCUT2D eigenvalue weighted by atomic mass is 127. The molecule has 19 heteroatoms. The van der Waals surface area contributed by atoms with E-state index < -0.39 is 22.2 Å². The number of fused-ring (bicyclic) bond motifs is 1. The van der Waals surface area contributed by atoms with Crippen molar-refractivity contribution in [2.45, 2.75) is 17.2 Å². The number of nitrogens with one attached hydrogen (secondary N) is 2. The van der Waals surface area contributed by atoms with Crippen molar-refractivity contribution in [3.05, 3.63) is 71.0 Å². The molecule has 6 rings (SSSR count). The molecular weight excluding hydrogens is 825 g/mol. The Kier molecular flexibility index (Phi) is 11.4. The van der Waals surface area contributed by atoms with Crippen molar-refractivity contribution in [2.75, 3.05) is 79.3 Å². The van der Waals surface area contributed by atoms with Gasteiger partial charge in [-0.2, -0.15) is 15.0 Å². The summed E-state index contributed by atoms with van der Waals surface area (Å²) in [6, 6.07) is 11.1. The van der Waals surface area contributed by atoms with Gasteiger partial charge in [0.1, 0.15) is 0 Å². The second-order valence-electron chi connectivity index (χ2n) is 11.5. The molecule has 1 fully saturated rings. The second-order valence-corrected chi connectivity index (χ2v) is 15.0. The average molecular weight is 859 g/mol. The van der Waals surface area contributed by atoms with Crippen LogP contribution in [0.15, 0.2) is 59.6 Å². The molecule has 2 aromatic heterocycles. The van der Waals surface area contributed by atoms with Crippen LogP contribution in [0.5, 0.6) is 17.5 Å². The van der Waals surface area contributed by atoms with E-state index in [1.165, 1.54) is 43.6 Å². The lowest BCUT2D eigenvalue weighted by Gasteiger charge is -2.34. The molecule has 0 bridgehead atoms. The fraction of sp³-hybridized carbons (Fsp3) is 0.375. The number of anilines is 4. The predicted octanol–water partition coefficient (Wildman–Crippen LogP) is 5.17. The van der Waals surface area contributed by atoms with Gasteiger partial charge >= 0.3 is 12.3 Å². The Hall–Kier alpha value is -3.85. The van der Waals surface area contributed by atoms with Gasteiger partial charge in [0.05, 0.1) is 53.4 Å². The molecule has 0 radical (unpaired) electrons. The zero-order chi connectivity index (χ0) is 36.2. The van der Waals surface area contributed by atoms with Gasteiger partial charge < -0.3 is 34.5 Å². The number of pyridine rings is 1. The first-order valence-electron chi connectivity index (χ1n) is 15.7. The molecule has 2 aliphatic rings. The molecule has 4 heterocycles. The summed E-state index contributed by atoms with van der Waals surface area (Å²) in [7, 11) is -2.24. The lowest BCUT2D eigenvalue weighted by atomic mass is 10.0. The third-order valence-corrected chi connectivity index (χ3v) is 9.88. The van der Waals surface area contributed by atoms with Crippen LogP contribution in [0.3, 0.4) is 0 Å². The highest BCUT2D eigenvalue weighted by Gasteiger charge is 2.45. The second kappa shape index (κ2) is 15.8.